The molecular weight excluding hydrogens is 202 g/mol. The monoisotopic (exact) mass is 225 g/mol. The quantitative estimate of drug-likeness (QED) is 0.579. The van der Waals surface area contributed by atoms with E-state index in [4.69, 9.17) is 4.74 Å². The van der Waals surface area contributed by atoms with Gasteiger partial charge in [0, 0.05) is 5.92 Å². The van der Waals surface area contributed by atoms with Gasteiger partial charge in [0.1, 0.15) is 11.6 Å². The summed E-state index contributed by atoms with van der Waals surface area (Å²) in [5.74, 6) is 0.0591. The lowest BCUT2D eigenvalue weighted by molar-refractivity contribution is -0.159. The number of esters is 1. The zero-order chi connectivity index (χ0) is 12.3. The molecule has 1 aliphatic rings. The molecule has 1 saturated heterocycles. The molecule has 0 aromatic rings. The zero-order valence-electron chi connectivity index (χ0n) is 10.8. The Bertz CT molecular complexity index is 278. The van der Waals surface area contributed by atoms with Gasteiger partial charge in [0.05, 0.1) is 0 Å². The highest BCUT2D eigenvalue weighted by Crippen LogP contribution is 2.25. The Labute approximate surface area is 98.2 Å². The van der Waals surface area contributed by atoms with Gasteiger partial charge in [-0.15, -0.1) is 0 Å². The number of carbonyl (C=O) groups excluding carboxylic acids is 1. The first-order valence-electron chi connectivity index (χ1n) is 5.93. The van der Waals surface area contributed by atoms with Crippen LogP contribution < -0.4 is 5.32 Å². The van der Waals surface area contributed by atoms with Crippen molar-refractivity contribution >= 4 is 5.97 Å². The van der Waals surface area contributed by atoms with Crippen molar-refractivity contribution in [1.29, 1.82) is 0 Å². The Morgan fingerprint density at radius 3 is 2.56 bits per heavy atom. The van der Waals surface area contributed by atoms with Gasteiger partial charge >= 0.3 is 5.97 Å². The summed E-state index contributed by atoms with van der Waals surface area (Å²) in [4.78, 5) is 12.0. The summed E-state index contributed by atoms with van der Waals surface area (Å²) >= 11 is 0. The Morgan fingerprint density at radius 1 is 1.44 bits per heavy atom. The molecule has 0 aromatic carbocycles. The fraction of sp³-hybridized carbons (Fsp3) is 0.769. The minimum Gasteiger partial charge on any atom is -0.459 e. The summed E-state index contributed by atoms with van der Waals surface area (Å²) in [6.45, 7) is 12.5. The molecule has 1 fully saturated rings. The minimum atomic E-state index is -0.421. The maximum Gasteiger partial charge on any atom is 0.324 e. The number of piperidine rings is 1. The normalized spacial score (nSPS) is 26.2. The van der Waals surface area contributed by atoms with Gasteiger partial charge in [-0.2, -0.15) is 0 Å². The van der Waals surface area contributed by atoms with Crippen molar-refractivity contribution in [2.45, 2.75) is 52.2 Å². The van der Waals surface area contributed by atoms with E-state index in [0.29, 0.717) is 0 Å². The van der Waals surface area contributed by atoms with Crippen LogP contribution in [0.2, 0.25) is 0 Å². The third-order valence-electron chi connectivity index (χ3n) is 2.75. The molecule has 0 aliphatic carbocycles. The van der Waals surface area contributed by atoms with Gasteiger partial charge in [0.2, 0.25) is 0 Å². The highest BCUT2D eigenvalue weighted by molar-refractivity contribution is 5.77. The van der Waals surface area contributed by atoms with E-state index in [1.165, 1.54) is 0 Å². The van der Waals surface area contributed by atoms with Crippen LogP contribution >= 0.6 is 0 Å². The van der Waals surface area contributed by atoms with E-state index < -0.39 is 5.60 Å². The predicted molar refractivity (Wildman–Crippen MR) is 65.2 cm³/mol. The summed E-state index contributed by atoms with van der Waals surface area (Å²) < 4.78 is 5.42. The van der Waals surface area contributed by atoms with Crippen LogP contribution in [0.5, 0.6) is 0 Å². The molecule has 2 atom stereocenters. The second-order valence-corrected chi connectivity index (χ2v) is 5.56. The van der Waals surface area contributed by atoms with Crippen molar-refractivity contribution in [2.24, 2.45) is 5.92 Å². The van der Waals surface area contributed by atoms with Gasteiger partial charge in [-0.25, -0.2) is 0 Å². The molecule has 0 amide bonds. The number of carbonyl (C=O) groups is 1. The standard InChI is InChI=1S/C13H23NO2/c1-9(2)10-7-6-8-14-11(10)12(15)16-13(3,4)5/h10-11,14H,1,6-8H2,2-5H3. The molecule has 1 heterocycles. The van der Waals surface area contributed by atoms with E-state index in [9.17, 15) is 4.79 Å². The smallest absolute Gasteiger partial charge is 0.324 e. The van der Waals surface area contributed by atoms with Crippen LogP contribution in [-0.4, -0.2) is 24.2 Å². The summed E-state index contributed by atoms with van der Waals surface area (Å²) in [5, 5.41) is 3.24. The summed E-state index contributed by atoms with van der Waals surface area (Å²) in [6.07, 6.45) is 2.11. The third kappa shape index (κ3) is 3.63. The van der Waals surface area contributed by atoms with Crippen LogP contribution in [-0.2, 0) is 9.53 Å². The lowest BCUT2D eigenvalue weighted by atomic mass is 9.86. The van der Waals surface area contributed by atoms with Gasteiger partial charge in [0.25, 0.3) is 0 Å². The molecule has 1 N–H and O–H groups in total. The van der Waals surface area contributed by atoms with Gasteiger partial charge in [-0.05, 0) is 47.1 Å². The largest absolute Gasteiger partial charge is 0.459 e. The van der Waals surface area contributed by atoms with Crippen LogP contribution in [0.4, 0.5) is 0 Å². The van der Waals surface area contributed by atoms with E-state index in [0.717, 1.165) is 25.0 Å². The fourth-order valence-corrected chi connectivity index (χ4v) is 2.03. The number of rotatable bonds is 2. The molecule has 0 spiro atoms. The Hall–Kier alpha value is -0.830. The van der Waals surface area contributed by atoms with Crippen LogP contribution in [0.25, 0.3) is 0 Å². The highest BCUT2D eigenvalue weighted by Gasteiger charge is 2.34. The number of nitrogens with one attached hydrogen (secondary N) is 1. The molecule has 1 rings (SSSR count). The van der Waals surface area contributed by atoms with Gasteiger partial charge in [0.15, 0.2) is 0 Å². The molecule has 2 unspecified atom stereocenters. The van der Waals surface area contributed by atoms with Gasteiger partial charge in [-0.3, -0.25) is 4.79 Å². The molecule has 16 heavy (non-hydrogen) atoms. The van der Waals surface area contributed by atoms with Crippen molar-refractivity contribution in [1.82, 2.24) is 5.32 Å². The Balaban J connectivity index is 2.68. The average Bonchev–Trinajstić information content (AvgIpc) is 2.15. The van der Waals surface area contributed by atoms with E-state index >= 15 is 0 Å². The van der Waals surface area contributed by atoms with Crippen molar-refractivity contribution < 1.29 is 9.53 Å². The summed E-state index contributed by atoms with van der Waals surface area (Å²) in [5.41, 5.74) is 0.638. The van der Waals surface area contributed by atoms with E-state index in [1.54, 1.807) is 0 Å². The average molecular weight is 225 g/mol. The lowest BCUT2D eigenvalue weighted by Gasteiger charge is -2.33. The van der Waals surface area contributed by atoms with E-state index in [2.05, 4.69) is 11.9 Å². The van der Waals surface area contributed by atoms with Gasteiger partial charge < -0.3 is 10.1 Å². The first-order chi connectivity index (χ1) is 7.31. The Morgan fingerprint density at radius 2 is 2.06 bits per heavy atom. The molecule has 92 valence electrons. The molecule has 3 nitrogen and oxygen atoms in total. The first kappa shape index (κ1) is 13.2. The maximum atomic E-state index is 12.0. The predicted octanol–water partition coefficient (Wildman–Crippen LogP) is 2.27. The zero-order valence-corrected chi connectivity index (χ0v) is 10.8. The second kappa shape index (κ2) is 5.00. The molecular formula is C13H23NO2. The second-order valence-electron chi connectivity index (χ2n) is 5.56. The summed E-state index contributed by atoms with van der Waals surface area (Å²) in [7, 11) is 0. The molecule has 0 radical (unpaired) electrons. The van der Waals surface area contributed by atoms with Crippen LogP contribution in [0.1, 0.15) is 40.5 Å². The number of hydrogen-bond donors (Lipinski definition) is 1. The lowest BCUT2D eigenvalue weighted by Crippen LogP contribution is -2.49. The van der Waals surface area contributed by atoms with E-state index in [-0.39, 0.29) is 17.9 Å². The SMILES string of the molecule is C=C(C)C1CCCNC1C(=O)OC(C)(C)C. The highest BCUT2D eigenvalue weighted by atomic mass is 16.6. The Kier molecular flexibility index (Phi) is 4.14. The van der Waals surface area contributed by atoms with Crippen molar-refractivity contribution in [3.05, 3.63) is 12.2 Å². The van der Waals surface area contributed by atoms with Crippen LogP contribution in [0, 0.1) is 5.92 Å². The van der Waals surface area contributed by atoms with Crippen LogP contribution in [0.3, 0.4) is 0 Å². The van der Waals surface area contributed by atoms with Crippen molar-refractivity contribution in [3.8, 4) is 0 Å². The summed E-state index contributed by atoms with van der Waals surface area (Å²) in [6, 6.07) is -0.217. The molecule has 0 aromatic heterocycles. The third-order valence-corrected chi connectivity index (χ3v) is 2.75. The number of ether oxygens (including phenoxy) is 1. The molecule has 0 saturated carbocycles. The molecule has 0 bridgehead atoms. The molecule has 3 heteroatoms. The minimum absolute atomic E-state index is 0.153. The van der Waals surface area contributed by atoms with Crippen molar-refractivity contribution in [3.63, 3.8) is 0 Å². The van der Waals surface area contributed by atoms with Crippen molar-refractivity contribution in [2.75, 3.05) is 6.54 Å². The van der Waals surface area contributed by atoms with Gasteiger partial charge in [-0.1, -0.05) is 12.2 Å². The fourth-order valence-electron chi connectivity index (χ4n) is 2.03. The maximum absolute atomic E-state index is 12.0. The first-order valence-corrected chi connectivity index (χ1v) is 5.93. The van der Waals surface area contributed by atoms with E-state index in [1.807, 2.05) is 27.7 Å². The number of hydrogen-bond acceptors (Lipinski definition) is 3. The van der Waals surface area contributed by atoms with Crippen LogP contribution in [0.15, 0.2) is 12.2 Å². The topological polar surface area (TPSA) is 38.3 Å². The molecule has 1 aliphatic heterocycles.